The third-order valence-electron chi connectivity index (χ3n) is 2.42. The van der Waals surface area contributed by atoms with Crippen LogP contribution in [0.25, 0.3) is 0 Å². The van der Waals surface area contributed by atoms with Gasteiger partial charge in [0.2, 0.25) is 5.12 Å². The topological polar surface area (TPSA) is 17.1 Å². The zero-order chi connectivity index (χ0) is 13.5. The van der Waals surface area contributed by atoms with Gasteiger partial charge in [-0.1, -0.05) is 42.1 Å². The van der Waals surface area contributed by atoms with Crippen LogP contribution in [0.5, 0.6) is 0 Å². The molecular weight excluding hydrogens is 261 g/mol. The number of carbonyl (C=O) groups excluding carboxylic acids is 1. The van der Waals surface area contributed by atoms with E-state index >= 15 is 0 Å². The van der Waals surface area contributed by atoms with E-state index in [2.05, 4.69) is 0 Å². The van der Waals surface area contributed by atoms with E-state index in [1.54, 1.807) is 30.3 Å². The molecule has 3 unspecified atom stereocenters. The smallest absolute Gasteiger partial charge is 0.219 e. The van der Waals surface area contributed by atoms with Gasteiger partial charge in [-0.3, -0.25) is 4.79 Å². The molecule has 0 aliphatic heterocycles. The molecule has 100 valence electrons. The molecule has 3 atom stereocenters. The summed E-state index contributed by atoms with van der Waals surface area (Å²) >= 11 is 0.919. The van der Waals surface area contributed by atoms with Gasteiger partial charge in [0, 0.05) is 11.3 Å². The van der Waals surface area contributed by atoms with Crippen molar-refractivity contribution in [2.75, 3.05) is 5.75 Å². The molecule has 0 N–H and O–H groups in total. The lowest BCUT2D eigenvalue weighted by Gasteiger charge is -2.13. The summed E-state index contributed by atoms with van der Waals surface area (Å²) in [5, 5.41) is -0.188. The summed E-state index contributed by atoms with van der Waals surface area (Å²) in [6, 6.07) is 8.56. The van der Waals surface area contributed by atoms with Gasteiger partial charge in [0.1, 0.15) is 12.3 Å². The van der Waals surface area contributed by atoms with Crippen LogP contribution in [0.2, 0.25) is 0 Å². The Labute approximate surface area is 109 Å². The molecule has 1 aromatic rings. The molecule has 0 aromatic heterocycles. The molecule has 0 amide bonds. The van der Waals surface area contributed by atoms with Gasteiger partial charge in [0.15, 0.2) is 6.17 Å². The Morgan fingerprint density at radius 1 is 1.22 bits per heavy atom. The van der Waals surface area contributed by atoms with E-state index in [0.717, 1.165) is 18.7 Å². The van der Waals surface area contributed by atoms with Crippen molar-refractivity contribution >= 4 is 16.9 Å². The minimum Gasteiger partial charge on any atom is -0.282 e. The molecule has 0 fully saturated rings. The molecule has 0 saturated carbocycles. The van der Waals surface area contributed by atoms with Crippen molar-refractivity contribution in [3.8, 4) is 0 Å². The minimum absolute atomic E-state index is 0.141. The largest absolute Gasteiger partial charge is 0.282 e. The maximum absolute atomic E-state index is 13.2. The van der Waals surface area contributed by atoms with Gasteiger partial charge in [-0.2, -0.15) is 0 Å². The maximum atomic E-state index is 13.2. The van der Waals surface area contributed by atoms with Crippen molar-refractivity contribution in [3.63, 3.8) is 0 Å². The van der Waals surface area contributed by atoms with Crippen molar-refractivity contribution in [2.24, 2.45) is 0 Å². The van der Waals surface area contributed by atoms with E-state index in [9.17, 15) is 18.0 Å². The van der Waals surface area contributed by atoms with Crippen LogP contribution >= 0.6 is 11.8 Å². The molecular formula is C13H15F3OS. The first-order chi connectivity index (χ1) is 8.52. The van der Waals surface area contributed by atoms with Crippen molar-refractivity contribution < 1.29 is 18.0 Å². The van der Waals surface area contributed by atoms with Gasteiger partial charge in [-0.05, 0) is 13.3 Å². The van der Waals surface area contributed by atoms with Crippen LogP contribution in [0.4, 0.5) is 13.2 Å². The summed E-state index contributed by atoms with van der Waals surface area (Å²) in [7, 11) is 0. The highest BCUT2D eigenvalue weighted by molar-refractivity contribution is 8.14. The van der Waals surface area contributed by atoms with Crippen LogP contribution in [0.3, 0.4) is 0 Å². The molecule has 1 aromatic carbocycles. The first-order valence-corrected chi connectivity index (χ1v) is 6.65. The predicted octanol–water partition coefficient (Wildman–Crippen LogP) is 3.98. The Balaban J connectivity index is 2.32. The number of alkyl halides is 3. The molecule has 5 heteroatoms. The second-order valence-electron chi connectivity index (χ2n) is 3.93. The Kier molecular flexibility index (Phi) is 6.25. The molecule has 1 rings (SSSR count). The third kappa shape index (κ3) is 4.72. The Morgan fingerprint density at radius 2 is 1.83 bits per heavy atom. The number of hydrogen-bond acceptors (Lipinski definition) is 2. The first kappa shape index (κ1) is 15.1. The zero-order valence-corrected chi connectivity index (χ0v) is 10.8. The second kappa shape index (κ2) is 7.46. The molecule has 0 spiro atoms. The highest BCUT2D eigenvalue weighted by Crippen LogP contribution is 2.19. The van der Waals surface area contributed by atoms with Crippen LogP contribution in [-0.2, 0) is 0 Å². The predicted molar refractivity (Wildman–Crippen MR) is 68.2 cm³/mol. The average Bonchev–Trinajstić information content (AvgIpc) is 2.38. The lowest BCUT2D eigenvalue weighted by molar-refractivity contribution is 0.0899. The van der Waals surface area contributed by atoms with E-state index in [1.165, 1.54) is 0 Å². The number of carbonyl (C=O) groups is 1. The number of rotatable bonds is 6. The van der Waals surface area contributed by atoms with E-state index in [1.807, 2.05) is 0 Å². The van der Waals surface area contributed by atoms with Crippen molar-refractivity contribution in [3.05, 3.63) is 35.9 Å². The highest BCUT2D eigenvalue weighted by atomic mass is 32.2. The third-order valence-corrected chi connectivity index (χ3v) is 3.36. The normalized spacial score (nSPS) is 16.0. The molecule has 0 aliphatic carbocycles. The van der Waals surface area contributed by atoms with Crippen LogP contribution in [0.15, 0.2) is 30.3 Å². The number of halogens is 3. The van der Waals surface area contributed by atoms with Gasteiger partial charge in [0.05, 0.1) is 0 Å². The molecule has 0 bridgehead atoms. The highest BCUT2D eigenvalue weighted by Gasteiger charge is 2.26. The zero-order valence-electron chi connectivity index (χ0n) is 9.98. The fourth-order valence-corrected chi connectivity index (χ4v) is 2.20. The lowest BCUT2D eigenvalue weighted by atomic mass is 10.1. The fourth-order valence-electron chi connectivity index (χ4n) is 1.37. The van der Waals surface area contributed by atoms with Gasteiger partial charge in [0.25, 0.3) is 0 Å². The van der Waals surface area contributed by atoms with Crippen molar-refractivity contribution in [2.45, 2.75) is 31.9 Å². The van der Waals surface area contributed by atoms with E-state index in [-0.39, 0.29) is 17.3 Å². The average molecular weight is 276 g/mol. The molecule has 0 saturated heterocycles. The summed E-state index contributed by atoms with van der Waals surface area (Å²) in [6.45, 7) is 0.986. The summed E-state index contributed by atoms with van der Waals surface area (Å²) in [5.74, 6) is 0.141. The molecule has 0 heterocycles. The first-order valence-electron chi connectivity index (χ1n) is 5.66. The summed E-state index contributed by atoms with van der Waals surface area (Å²) in [6.07, 6.45) is -5.97. The van der Waals surface area contributed by atoms with Crippen LogP contribution < -0.4 is 0 Å². The van der Waals surface area contributed by atoms with E-state index in [4.69, 9.17) is 0 Å². The molecule has 18 heavy (non-hydrogen) atoms. The summed E-state index contributed by atoms with van der Waals surface area (Å²) in [4.78, 5) is 11.6. The lowest BCUT2D eigenvalue weighted by Crippen LogP contribution is -2.26. The van der Waals surface area contributed by atoms with Crippen LogP contribution in [-0.4, -0.2) is 29.4 Å². The number of hydrogen-bond donors (Lipinski definition) is 0. The van der Waals surface area contributed by atoms with Crippen LogP contribution in [0.1, 0.15) is 23.7 Å². The quantitative estimate of drug-likeness (QED) is 0.781. The summed E-state index contributed by atoms with van der Waals surface area (Å²) in [5.41, 5.74) is 0.522. The number of thioether (sulfide) groups is 1. The van der Waals surface area contributed by atoms with Gasteiger partial charge in [-0.15, -0.1) is 0 Å². The van der Waals surface area contributed by atoms with E-state index < -0.39 is 18.5 Å². The maximum Gasteiger partial charge on any atom is 0.219 e. The summed E-state index contributed by atoms with van der Waals surface area (Å²) < 4.78 is 38.6. The monoisotopic (exact) mass is 276 g/mol. The number of benzene rings is 1. The molecule has 0 radical (unpaired) electrons. The Hall–Kier alpha value is -0.970. The van der Waals surface area contributed by atoms with Gasteiger partial charge < -0.3 is 0 Å². The Bertz CT molecular complexity index is 370. The molecule has 1 nitrogen and oxygen atoms in total. The second-order valence-corrected chi connectivity index (χ2v) is 5.00. The van der Waals surface area contributed by atoms with E-state index in [0.29, 0.717) is 5.56 Å². The SMILES string of the molecule is CC(F)C(F)C(F)CCSC(=O)c1ccccc1. The Morgan fingerprint density at radius 3 is 2.39 bits per heavy atom. The van der Waals surface area contributed by atoms with Gasteiger partial charge in [-0.25, -0.2) is 13.2 Å². The van der Waals surface area contributed by atoms with Gasteiger partial charge >= 0.3 is 0 Å². The van der Waals surface area contributed by atoms with Crippen molar-refractivity contribution in [1.82, 2.24) is 0 Å². The minimum atomic E-state index is -2.11. The molecule has 0 aliphatic rings. The van der Waals surface area contributed by atoms with Crippen molar-refractivity contribution in [1.29, 1.82) is 0 Å². The van der Waals surface area contributed by atoms with Crippen LogP contribution in [0, 0.1) is 0 Å². The fraction of sp³-hybridized carbons (Fsp3) is 0.462. The standard InChI is InChI=1S/C13H15F3OS/c1-9(14)12(16)11(15)7-8-18-13(17)10-5-3-2-4-6-10/h2-6,9,11-12H,7-8H2,1H3.